The van der Waals surface area contributed by atoms with E-state index in [-0.39, 0.29) is 11.8 Å². The lowest BCUT2D eigenvalue weighted by molar-refractivity contribution is -0.134. The van der Waals surface area contributed by atoms with Crippen LogP contribution in [0.1, 0.15) is 33.4 Å². The second-order valence-corrected chi connectivity index (χ2v) is 10.3. The van der Waals surface area contributed by atoms with Crippen molar-refractivity contribution in [3.63, 3.8) is 0 Å². The minimum absolute atomic E-state index is 0.0583. The van der Waals surface area contributed by atoms with Crippen LogP contribution in [0, 0.1) is 0 Å². The lowest BCUT2D eigenvalue weighted by Crippen LogP contribution is -2.53. The number of nitrogens with zero attached hydrogens (tertiary/aromatic N) is 3. The Labute approximate surface area is 246 Å². The van der Waals surface area contributed by atoms with Gasteiger partial charge in [-0.15, -0.1) is 0 Å². The molecule has 0 unspecified atom stereocenters. The Hall–Kier alpha value is -4.60. The maximum Gasteiger partial charge on any atom is 0.254 e. The van der Waals surface area contributed by atoms with Crippen LogP contribution < -0.4 is 28.6 Å². The van der Waals surface area contributed by atoms with Gasteiger partial charge in [-0.05, 0) is 59.7 Å². The van der Waals surface area contributed by atoms with Gasteiger partial charge in [0.05, 0.1) is 47.5 Å². The number of amides is 2. The highest BCUT2D eigenvalue weighted by molar-refractivity contribution is 6.02. The normalized spacial score (nSPS) is 18.3. The van der Waals surface area contributed by atoms with Gasteiger partial charge in [-0.3, -0.25) is 9.59 Å². The molecule has 2 heterocycles. The van der Waals surface area contributed by atoms with Gasteiger partial charge in [-0.2, -0.15) is 0 Å². The van der Waals surface area contributed by atoms with Crippen LogP contribution >= 0.6 is 0 Å². The van der Waals surface area contributed by atoms with Gasteiger partial charge in [0.25, 0.3) is 5.91 Å². The van der Waals surface area contributed by atoms with E-state index >= 15 is 0 Å². The first-order valence-electron chi connectivity index (χ1n) is 13.8. The summed E-state index contributed by atoms with van der Waals surface area (Å²) in [6, 6.07) is 16.3. The first-order chi connectivity index (χ1) is 20.3. The van der Waals surface area contributed by atoms with Crippen LogP contribution in [-0.2, 0) is 4.79 Å². The van der Waals surface area contributed by atoms with Crippen molar-refractivity contribution in [2.75, 3.05) is 73.7 Å². The number of ether oxygens (including phenoxy) is 5. The molecule has 2 aliphatic heterocycles. The van der Waals surface area contributed by atoms with Crippen molar-refractivity contribution in [1.29, 1.82) is 0 Å². The third-order valence-corrected chi connectivity index (χ3v) is 8.22. The van der Waals surface area contributed by atoms with E-state index in [9.17, 15) is 9.59 Å². The molecule has 10 heteroatoms. The second kappa shape index (κ2) is 12.1. The first-order valence-corrected chi connectivity index (χ1v) is 13.8. The fourth-order valence-corrected chi connectivity index (χ4v) is 5.94. The molecule has 1 fully saturated rings. The van der Waals surface area contributed by atoms with Crippen molar-refractivity contribution in [3.8, 4) is 28.7 Å². The van der Waals surface area contributed by atoms with Gasteiger partial charge in [0.2, 0.25) is 5.91 Å². The average Bonchev–Trinajstić information content (AvgIpc) is 3.05. The summed E-state index contributed by atoms with van der Waals surface area (Å²) in [4.78, 5) is 34.1. The van der Waals surface area contributed by atoms with E-state index in [0.29, 0.717) is 60.3 Å². The lowest BCUT2D eigenvalue weighted by atomic mass is 9.78. The summed E-state index contributed by atoms with van der Waals surface area (Å²) in [5.74, 6) is 1.83. The number of hydrogen-bond acceptors (Lipinski definition) is 8. The van der Waals surface area contributed by atoms with E-state index < -0.39 is 12.0 Å². The fraction of sp³-hybridized carbons (Fsp3) is 0.375. The highest BCUT2D eigenvalue weighted by atomic mass is 16.5. The van der Waals surface area contributed by atoms with E-state index in [4.69, 9.17) is 23.7 Å². The number of benzene rings is 3. The lowest BCUT2D eigenvalue weighted by Gasteiger charge is -2.43. The van der Waals surface area contributed by atoms with Gasteiger partial charge in [-0.25, -0.2) is 0 Å². The zero-order valence-electron chi connectivity index (χ0n) is 24.9. The van der Waals surface area contributed by atoms with Gasteiger partial charge in [-0.1, -0.05) is 6.07 Å². The van der Waals surface area contributed by atoms with E-state index in [0.717, 1.165) is 17.0 Å². The quantitative estimate of drug-likeness (QED) is 0.399. The van der Waals surface area contributed by atoms with Crippen molar-refractivity contribution >= 4 is 17.5 Å². The predicted molar refractivity (Wildman–Crippen MR) is 158 cm³/mol. The summed E-state index contributed by atoms with van der Waals surface area (Å²) in [6.45, 7) is 2.44. The molecular weight excluding hydrogens is 538 g/mol. The number of methoxy groups -OCH3 is 5. The molecule has 0 radical (unpaired) electrons. The van der Waals surface area contributed by atoms with Crippen LogP contribution in [0.3, 0.4) is 0 Å². The van der Waals surface area contributed by atoms with E-state index in [1.54, 1.807) is 58.6 Å². The van der Waals surface area contributed by atoms with Crippen LogP contribution in [0.15, 0.2) is 54.6 Å². The number of hydrogen-bond donors (Lipinski definition) is 0. The summed E-state index contributed by atoms with van der Waals surface area (Å²) in [5, 5.41) is 0. The molecule has 3 aromatic carbocycles. The molecule has 0 spiro atoms. The van der Waals surface area contributed by atoms with Crippen molar-refractivity contribution in [1.82, 2.24) is 9.80 Å². The Morgan fingerprint density at radius 3 is 1.90 bits per heavy atom. The van der Waals surface area contributed by atoms with E-state index in [1.165, 1.54) is 7.11 Å². The van der Waals surface area contributed by atoms with Crippen molar-refractivity contribution < 1.29 is 33.3 Å². The van der Waals surface area contributed by atoms with Crippen LogP contribution in [0.5, 0.6) is 28.7 Å². The molecular formula is C32H37N3O7. The Balaban J connectivity index is 1.53. The average molecular weight is 576 g/mol. The second-order valence-electron chi connectivity index (χ2n) is 10.3. The first kappa shape index (κ1) is 28.9. The molecule has 42 heavy (non-hydrogen) atoms. The Morgan fingerprint density at radius 2 is 1.31 bits per heavy atom. The number of rotatable bonds is 8. The number of fused-ring (bicyclic) bond motifs is 1. The standard InChI is InChI=1S/C32H37N3O7/c1-33-30(20-7-12-25(39-3)26(17-20)40-4)29(23-18-27(41-5)28(42-6)19-24(23)31(33)36)32(37)35-15-13-34(14-16-35)21-8-10-22(38-2)11-9-21/h7-12,17-19,29-30H,13-16H2,1-6H3/t29-,30+/m0/s1. The van der Waals surface area contributed by atoms with E-state index in [1.807, 2.05) is 41.3 Å². The van der Waals surface area contributed by atoms with Crippen molar-refractivity contribution in [2.24, 2.45) is 0 Å². The fourth-order valence-electron chi connectivity index (χ4n) is 5.94. The Morgan fingerprint density at radius 1 is 0.714 bits per heavy atom. The minimum Gasteiger partial charge on any atom is -0.497 e. The zero-order valence-corrected chi connectivity index (χ0v) is 24.9. The topological polar surface area (TPSA) is 90.0 Å². The molecule has 222 valence electrons. The molecule has 0 saturated carbocycles. The summed E-state index contributed by atoms with van der Waals surface area (Å²) >= 11 is 0. The number of carbonyl (C=O) groups excluding carboxylic acids is 2. The molecule has 3 aromatic rings. The monoisotopic (exact) mass is 575 g/mol. The smallest absolute Gasteiger partial charge is 0.254 e. The number of piperazine rings is 1. The van der Waals surface area contributed by atoms with Gasteiger partial charge < -0.3 is 38.4 Å². The Kier molecular flexibility index (Phi) is 8.33. The molecule has 2 atom stereocenters. The Bertz CT molecular complexity index is 1450. The van der Waals surface area contributed by atoms with Gasteiger partial charge in [0.15, 0.2) is 23.0 Å². The summed E-state index contributed by atoms with van der Waals surface area (Å²) in [5.41, 5.74) is 2.87. The number of carbonyl (C=O) groups is 2. The number of anilines is 1. The molecule has 0 N–H and O–H groups in total. The molecule has 2 amide bonds. The predicted octanol–water partition coefficient (Wildman–Crippen LogP) is 3.99. The van der Waals surface area contributed by atoms with Gasteiger partial charge in [0.1, 0.15) is 5.75 Å². The maximum absolute atomic E-state index is 14.5. The minimum atomic E-state index is -0.687. The summed E-state index contributed by atoms with van der Waals surface area (Å²) in [7, 11) is 9.58. The molecule has 1 saturated heterocycles. The third kappa shape index (κ3) is 5.13. The molecule has 5 rings (SSSR count). The van der Waals surface area contributed by atoms with Crippen LogP contribution in [0.4, 0.5) is 5.69 Å². The van der Waals surface area contributed by atoms with E-state index in [2.05, 4.69) is 4.90 Å². The van der Waals surface area contributed by atoms with Crippen LogP contribution in [0.25, 0.3) is 0 Å². The largest absolute Gasteiger partial charge is 0.497 e. The summed E-state index contributed by atoms with van der Waals surface area (Å²) < 4.78 is 27.4. The zero-order chi connectivity index (χ0) is 30.0. The van der Waals surface area contributed by atoms with Crippen molar-refractivity contribution in [2.45, 2.75) is 12.0 Å². The molecule has 0 aromatic heterocycles. The maximum atomic E-state index is 14.5. The third-order valence-electron chi connectivity index (χ3n) is 8.22. The molecule has 0 aliphatic carbocycles. The van der Waals surface area contributed by atoms with Crippen LogP contribution in [0.2, 0.25) is 0 Å². The molecule has 10 nitrogen and oxygen atoms in total. The highest BCUT2D eigenvalue weighted by Crippen LogP contribution is 2.47. The molecule has 0 bridgehead atoms. The van der Waals surface area contributed by atoms with Crippen molar-refractivity contribution in [3.05, 3.63) is 71.3 Å². The van der Waals surface area contributed by atoms with Gasteiger partial charge in [0, 0.05) is 44.5 Å². The summed E-state index contributed by atoms with van der Waals surface area (Å²) in [6.07, 6.45) is 0. The number of likely N-dealkylation sites (N-methyl/N-ethyl adjacent to an activating group) is 1. The van der Waals surface area contributed by atoms with Gasteiger partial charge >= 0.3 is 0 Å². The highest BCUT2D eigenvalue weighted by Gasteiger charge is 2.45. The van der Waals surface area contributed by atoms with Crippen LogP contribution in [-0.4, -0.2) is 90.4 Å². The molecule has 2 aliphatic rings. The SMILES string of the molecule is COc1ccc(N2CCN(C(=O)[C@H]3c4cc(OC)c(OC)cc4C(=O)N(C)[C@@H]3c3ccc(OC)c(OC)c3)CC2)cc1.